The van der Waals surface area contributed by atoms with Crippen LogP contribution in [0, 0.1) is 22.0 Å². The zero-order valence-corrected chi connectivity index (χ0v) is 17.4. The third-order valence-corrected chi connectivity index (χ3v) is 4.70. The van der Waals surface area contributed by atoms with Crippen molar-refractivity contribution >= 4 is 17.4 Å². The third-order valence-electron chi connectivity index (χ3n) is 4.70. The maximum absolute atomic E-state index is 12.5. The van der Waals surface area contributed by atoms with E-state index in [-0.39, 0.29) is 29.9 Å². The van der Waals surface area contributed by atoms with Gasteiger partial charge in [0.2, 0.25) is 6.29 Å². The number of aliphatic hydroxyl groups excluding tert-OH is 1. The molecule has 1 aromatic rings. The van der Waals surface area contributed by atoms with Crippen LogP contribution in [0.2, 0.25) is 0 Å². The van der Waals surface area contributed by atoms with Gasteiger partial charge in [-0.25, -0.2) is 4.98 Å². The predicted octanol–water partition coefficient (Wildman–Crippen LogP) is 2.21. The molecule has 0 spiro atoms. The molecule has 1 aliphatic heterocycles. The number of nitro groups is 1. The zero-order chi connectivity index (χ0) is 21.9. The summed E-state index contributed by atoms with van der Waals surface area (Å²) in [5.74, 6) is 0.933. The first-order chi connectivity index (χ1) is 14.4. The van der Waals surface area contributed by atoms with E-state index in [1.54, 1.807) is 0 Å². The monoisotopic (exact) mass is 422 g/mol. The van der Waals surface area contributed by atoms with Crippen LogP contribution in [-0.2, 0) is 14.3 Å². The van der Waals surface area contributed by atoms with Gasteiger partial charge in [0.25, 0.3) is 11.6 Å². The number of nitrogens with one attached hydrogen (secondary N) is 2. The van der Waals surface area contributed by atoms with Gasteiger partial charge in [-0.1, -0.05) is 13.8 Å². The Bertz CT molecular complexity index is 723. The van der Waals surface area contributed by atoms with E-state index in [4.69, 9.17) is 14.6 Å². The topological polar surface area (TPSA) is 136 Å². The fraction of sp³-hybridized carbons (Fsp3) is 0.600. The minimum absolute atomic E-state index is 0.0805. The summed E-state index contributed by atoms with van der Waals surface area (Å²) in [7, 11) is 0. The number of hydrogen-bond acceptors (Lipinski definition) is 8. The van der Waals surface area contributed by atoms with E-state index >= 15 is 0 Å². The van der Waals surface area contributed by atoms with Gasteiger partial charge in [0.05, 0.1) is 11.5 Å². The highest BCUT2D eigenvalue weighted by Gasteiger charge is 2.29. The van der Waals surface area contributed by atoms with E-state index in [1.165, 1.54) is 18.3 Å². The molecule has 0 fully saturated rings. The lowest BCUT2D eigenvalue weighted by Gasteiger charge is -2.30. The maximum Gasteiger partial charge on any atom is 0.287 e. The van der Waals surface area contributed by atoms with Gasteiger partial charge >= 0.3 is 0 Å². The Morgan fingerprint density at radius 2 is 2.20 bits per heavy atom. The van der Waals surface area contributed by atoms with Crippen molar-refractivity contribution in [3.05, 3.63) is 40.3 Å². The smallest absolute Gasteiger partial charge is 0.287 e. The van der Waals surface area contributed by atoms with Gasteiger partial charge in [-0.3, -0.25) is 14.9 Å². The molecule has 0 bridgehead atoms. The highest BCUT2D eigenvalue weighted by atomic mass is 16.7. The minimum atomic E-state index is -0.511. The number of carbonyl (C=O) groups excluding carboxylic acids is 1. The summed E-state index contributed by atoms with van der Waals surface area (Å²) < 4.78 is 11.5. The highest BCUT2D eigenvalue weighted by Crippen LogP contribution is 2.28. The molecule has 0 saturated heterocycles. The molecule has 0 radical (unpaired) electrons. The number of nitrogens with zero attached hydrogens (tertiary/aromatic N) is 2. The predicted molar refractivity (Wildman–Crippen MR) is 111 cm³/mol. The summed E-state index contributed by atoms with van der Waals surface area (Å²) in [6, 6.07) is 2.88. The Morgan fingerprint density at radius 1 is 1.40 bits per heavy atom. The SMILES string of the molecule is CC(C)C1C=C(C(=O)NCCNc2ccc([N+](=O)[O-])cn2)OC(OCCCCO)C1. The lowest BCUT2D eigenvalue weighted by atomic mass is 9.90. The number of hydrogen-bond donors (Lipinski definition) is 3. The molecule has 2 heterocycles. The molecule has 2 rings (SSSR count). The Balaban J connectivity index is 1.80. The summed E-state index contributed by atoms with van der Waals surface area (Å²) in [6.07, 6.45) is 4.62. The Kier molecular flexibility index (Phi) is 9.49. The van der Waals surface area contributed by atoms with Crippen LogP contribution in [0.5, 0.6) is 0 Å². The van der Waals surface area contributed by atoms with Crippen LogP contribution in [0.3, 0.4) is 0 Å². The van der Waals surface area contributed by atoms with Crippen molar-refractivity contribution in [1.82, 2.24) is 10.3 Å². The number of rotatable bonds is 12. The summed E-state index contributed by atoms with van der Waals surface area (Å²) in [5.41, 5.74) is -0.0805. The van der Waals surface area contributed by atoms with Crippen molar-refractivity contribution < 1.29 is 24.3 Å². The number of pyridine rings is 1. The number of aliphatic hydroxyl groups is 1. The molecular weight excluding hydrogens is 392 g/mol. The molecule has 1 aromatic heterocycles. The van der Waals surface area contributed by atoms with Crippen molar-refractivity contribution in [3.8, 4) is 0 Å². The highest BCUT2D eigenvalue weighted by molar-refractivity contribution is 5.91. The van der Waals surface area contributed by atoms with E-state index in [0.29, 0.717) is 44.3 Å². The molecule has 0 aliphatic carbocycles. The van der Waals surface area contributed by atoms with Gasteiger partial charge in [-0.15, -0.1) is 0 Å². The molecule has 1 amide bonds. The van der Waals surface area contributed by atoms with E-state index in [1.807, 2.05) is 6.08 Å². The molecule has 10 heteroatoms. The molecule has 3 N–H and O–H groups in total. The van der Waals surface area contributed by atoms with Gasteiger partial charge < -0.3 is 25.2 Å². The first kappa shape index (κ1) is 23.6. The van der Waals surface area contributed by atoms with Gasteiger partial charge in [0, 0.05) is 32.2 Å². The second kappa shape index (κ2) is 12.1. The van der Waals surface area contributed by atoms with Crippen molar-refractivity contribution in [2.24, 2.45) is 11.8 Å². The Morgan fingerprint density at radius 3 is 2.83 bits per heavy atom. The Hall–Kier alpha value is -2.72. The van der Waals surface area contributed by atoms with E-state index < -0.39 is 11.2 Å². The quantitative estimate of drug-likeness (QED) is 0.265. The average Bonchev–Trinajstić information content (AvgIpc) is 2.74. The number of aromatic nitrogens is 1. The molecule has 0 aromatic carbocycles. The minimum Gasteiger partial charge on any atom is -0.459 e. The number of ether oxygens (including phenoxy) is 2. The van der Waals surface area contributed by atoms with Gasteiger partial charge in [0.15, 0.2) is 5.76 Å². The van der Waals surface area contributed by atoms with Crippen LogP contribution in [-0.4, -0.2) is 53.5 Å². The van der Waals surface area contributed by atoms with Crippen LogP contribution in [0.4, 0.5) is 11.5 Å². The molecule has 2 unspecified atom stereocenters. The number of unbranched alkanes of at least 4 members (excludes halogenated alkanes) is 1. The lowest BCUT2D eigenvalue weighted by molar-refractivity contribution is -0.385. The van der Waals surface area contributed by atoms with Crippen LogP contribution < -0.4 is 10.6 Å². The normalized spacial score (nSPS) is 18.5. The fourth-order valence-electron chi connectivity index (χ4n) is 2.89. The lowest BCUT2D eigenvalue weighted by Crippen LogP contribution is -2.36. The number of carbonyl (C=O) groups is 1. The summed E-state index contributed by atoms with van der Waals surface area (Å²) in [4.78, 5) is 26.6. The number of anilines is 1. The maximum atomic E-state index is 12.5. The number of allylic oxidation sites excluding steroid dienone is 1. The zero-order valence-electron chi connectivity index (χ0n) is 17.4. The van der Waals surface area contributed by atoms with Gasteiger partial charge in [-0.05, 0) is 36.8 Å². The van der Waals surface area contributed by atoms with Crippen molar-refractivity contribution in [3.63, 3.8) is 0 Å². The molecule has 1 aliphatic rings. The molecule has 10 nitrogen and oxygen atoms in total. The van der Waals surface area contributed by atoms with Crippen LogP contribution >= 0.6 is 0 Å². The average molecular weight is 422 g/mol. The van der Waals surface area contributed by atoms with Crippen molar-refractivity contribution in [2.45, 2.75) is 39.4 Å². The fourth-order valence-corrected chi connectivity index (χ4v) is 2.89. The largest absolute Gasteiger partial charge is 0.459 e. The van der Waals surface area contributed by atoms with E-state index in [9.17, 15) is 14.9 Å². The summed E-state index contributed by atoms with van der Waals surface area (Å²) in [6.45, 7) is 5.50. The first-order valence-corrected chi connectivity index (χ1v) is 10.1. The molecule has 2 atom stereocenters. The summed E-state index contributed by atoms with van der Waals surface area (Å²) >= 11 is 0. The van der Waals surface area contributed by atoms with Crippen LogP contribution in [0.1, 0.15) is 33.1 Å². The third kappa shape index (κ3) is 7.60. The first-order valence-electron chi connectivity index (χ1n) is 10.1. The van der Waals surface area contributed by atoms with Crippen molar-refractivity contribution in [2.75, 3.05) is 31.6 Å². The Labute approximate surface area is 175 Å². The van der Waals surface area contributed by atoms with Gasteiger partial charge in [0.1, 0.15) is 12.0 Å². The van der Waals surface area contributed by atoms with Crippen LogP contribution in [0.25, 0.3) is 0 Å². The standard InChI is InChI=1S/C20H30N4O6/c1-14(2)15-11-17(30-19(12-15)29-10-4-3-9-25)20(26)22-8-7-21-18-6-5-16(13-23-18)24(27)28/h5-6,11,13-15,19,25H,3-4,7-10,12H2,1-2H3,(H,21,23)(H,22,26). The van der Waals surface area contributed by atoms with Crippen molar-refractivity contribution in [1.29, 1.82) is 0 Å². The molecule has 30 heavy (non-hydrogen) atoms. The van der Waals surface area contributed by atoms with E-state index in [2.05, 4.69) is 29.5 Å². The number of amides is 1. The van der Waals surface area contributed by atoms with Gasteiger partial charge in [-0.2, -0.15) is 0 Å². The van der Waals surface area contributed by atoms with E-state index in [0.717, 1.165) is 6.42 Å². The second-order valence-electron chi connectivity index (χ2n) is 7.36. The second-order valence-corrected chi connectivity index (χ2v) is 7.36. The summed E-state index contributed by atoms with van der Waals surface area (Å²) in [5, 5.41) is 25.3. The van der Waals surface area contributed by atoms with Crippen LogP contribution in [0.15, 0.2) is 30.2 Å². The molecule has 0 saturated carbocycles. The molecular formula is C20H30N4O6. The molecule has 166 valence electrons.